The third kappa shape index (κ3) is 4.52. The van der Waals surface area contributed by atoms with Crippen molar-refractivity contribution in [3.63, 3.8) is 0 Å². The van der Waals surface area contributed by atoms with Crippen LogP contribution in [0.1, 0.15) is 11.9 Å². The van der Waals surface area contributed by atoms with E-state index in [0.717, 1.165) is 0 Å². The van der Waals surface area contributed by atoms with E-state index in [0.29, 0.717) is 18.7 Å². The molecule has 0 unspecified atom stereocenters. The molecule has 0 bridgehead atoms. The Bertz CT molecular complexity index is 1160. The fourth-order valence-corrected chi connectivity index (χ4v) is 3.46. The minimum Gasteiger partial charge on any atom is -0.387 e. The Morgan fingerprint density at radius 3 is 2.82 bits per heavy atom. The molecule has 0 aliphatic carbocycles. The van der Waals surface area contributed by atoms with Crippen molar-refractivity contribution in [2.45, 2.75) is 37.4 Å². The summed E-state index contributed by atoms with van der Waals surface area (Å²) in [7, 11) is 2.92. The summed E-state index contributed by atoms with van der Waals surface area (Å²) in [6, 6.07) is 0. The monoisotopic (exact) mass is 483 g/mol. The van der Waals surface area contributed by atoms with Crippen LogP contribution in [0.4, 0.5) is 14.6 Å². The number of carbonyl (C=O) groups excluding carboxylic acids is 1. The van der Waals surface area contributed by atoms with E-state index >= 15 is 0 Å². The van der Waals surface area contributed by atoms with Gasteiger partial charge in [0.05, 0.1) is 31.4 Å². The first-order valence-electron chi connectivity index (χ1n) is 10.2. The molecule has 4 rings (SSSR count). The summed E-state index contributed by atoms with van der Waals surface area (Å²) in [5.74, 6) is -0.652. The van der Waals surface area contributed by atoms with Crippen LogP contribution in [0, 0.1) is 0 Å². The van der Waals surface area contributed by atoms with E-state index < -0.39 is 43.4 Å². The SMILES string of the molecule is CNC(=O)[C@H]1O[C@@H](n2cnc3c(NCC(F)F)nc(-n4cc(CCOC)nn4)nc32)[C@H](O)[C@@H]1O. The maximum absolute atomic E-state index is 12.9. The number of nitrogens with zero attached hydrogens (tertiary/aromatic N) is 7. The second kappa shape index (κ2) is 9.88. The second-order valence-electron chi connectivity index (χ2n) is 7.41. The van der Waals surface area contributed by atoms with E-state index in [1.165, 1.54) is 22.6 Å². The number of imidazole rings is 1. The topological polar surface area (TPSA) is 174 Å². The van der Waals surface area contributed by atoms with Gasteiger partial charge in [0.25, 0.3) is 18.3 Å². The van der Waals surface area contributed by atoms with Crippen LogP contribution >= 0.6 is 0 Å². The number of aromatic nitrogens is 7. The number of methoxy groups -OCH3 is 1. The summed E-state index contributed by atoms with van der Waals surface area (Å²) in [5, 5.41) is 33.7. The number of alkyl halides is 2. The van der Waals surface area contributed by atoms with Crippen molar-refractivity contribution in [2.24, 2.45) is 0 Å². The van der Waals surface area contributed by atoms with Gasteiger partial charge in [0.2, 0.25) is 0 Å². The van der Waals surface area contributed by atoms with Crippen molar-refractivity contribution < 1.29 is 33.3 Å². The van der Waals surface area contributed by atoms with Crippen molar-refractivity contribution in [3.8, 4) is 5.95 Å². The highest BCUT2D eigenvalue weighted by Crippen LogP contribution is 2.33. The number of fused-ring (bicyclic) bond motifs is 1. The summed E-state index contributed by atoms with van der Waals surface area (Å²) in [6.07, 6.45) is -4.96. The van der Waals surface area contributed by atoms with Crippen LogP contribution in [0.25, 0.3) is 17.1 Å². The maximum atomic E-state index is 12.9. The standard InChI is InChI=1S/C18H23F2N9O5/c1-21-16(32)13-11(30)12(31)17(34-13)28-7-23-10-14(22-5-9(19)20)24-18(25-15(10)28)29-6-8(26-27-29)3-4-33-2/h6-7,9,11-13,17,30-31H,3-5H2,1-2H3,(H,21,32)(H,22,24,25)/t11-,12+,13-,17+/m0/s1. The van der Waals surface area contributed by atoms with Gasteiger partial charge in [-0.05, 0) is 0 Å². The van der Waals surface area contributed by atoms with Gasteiger partial charge in [0.1, 0.15) is 12.2 Å². The van der Waals surface area contributed by atoms with E-state index in [9.17, 15) is 23.8 Å². The molecule has 14 nitrogen and oxygen atoms in total. The average Bonchev–Trinajstić information content (AvgIpc) is 3.54. The molecule has 3 aromatic rings. The summed E-state index contributed by atoms with van der Waals surface area (Å²) in [6.45, 7) is -0.285. The Labute approximate surface area is 190 Å². The van der Waals surface area contributed by atoms with Gasteiger partial charge in [-0.2, -0.15) is 14.6 Å². The molecule has 3 aromatic heterocycles. The molecule has 16 heteroatoms. The Morgan fingerprint density at radius 2 is 2.12 bits per heavy atom. The van der Waals surface area contributed by atoms with Gasteiger partial charge in [-0.25, -0.2) is 13.8 Å². The molecule has 0 saturated carbocycles. The zero-order valence-corrected chi connectivity index (χ0v) is 18.2. The number of rotatable bonds is 9. The molecule has 0 spiro atoms. The molecule has 1 saturated heterocycles. The smallest absolute Gasteiger partial charge is 0.256 e. The number of hydrogen-bond donors (Lipinski definition) is 4. The van der Waals surface area contributed by atoms with E-state index in [1.807, 2.05) is 0 Å². The van der Waals surface area contributed by atoms with Crippen molar-refractivity contribution in [1.82, 2.24) is 39.8 Å². The molecule has 4 atom stereocenters. The molecule has 1 aliphatic rings. The number of nitrogens with one attached hydrogen (secondary N) is 2. The molecule has 1 aliphatic heterocycles. The number of aliphatic hydroxyl groups excluding tert-OH is 2. The zero-order chi connectivity index (χ0) is 24.4. The molecule has 34 heavy (non-hydrogen) atoms. The Hall–Kier alpha value is -3.34. The third-order valence-electron chi connectivity index (χ3n) is 5.16. The molecule has 4 heterocycles. The van der Waals surface area contributed by atoms with E-state index in [1.54, 1.807) is 13.3 Å². The van der Waals surface area contributed by atoms with Crippen molar-refractivity contribution in [1.29, 1.82) is 0 Å². The highest BCUT2D eigenvalue weighted by Gasteiger charge is 2.47. The first-order valence-corrected chi connectivity index (χ1v) is 10.2. The van der Waals surface area contributed by atoms with Crippen LogP contribution in [-0.4, -0.2) is 103 Å². The summed E-state index contributed by atoms with van der Waals surface area (Å²) in [5.41, 5.74) is 0.787. The average molecular weight is 483 g/mol. The quantitative estimate of drug-likeness (QED) is 0.283. The summed E-state index contributed by atoms with van der Waals surface area (Å²) < 4.78 is 38.9. The van der Waals surface area contributed by atoms with Crippen molar-refractivity contribution in [3.05, 3.63) is 18.2 Å². The fourth-order valence-electron chi connectivity index (χ4n) is 3.46. The Morgan fingerprint density at radius 1 is 1.32 bits per heavy atom. The molecule has 1 fully saturated rings. The van der Waals surface area contributed by atoms with E-state index in [2.05, 4.69) is 35.9 Å². The Balaban J connectivity index is 1.76. The number of anilines is 1. The van der Waals surface area contributed by atoms with Crippen LogP contribution < -0.4 is 10.6 Å². The molecule has 1 amide bonds. The highest BCUT2D eigenvalue weighted by molar-refractivity contribution is 5.84. The normalized spacial score (nSPS) is 22.6. The van der Waals surface area contributed by atoms with Crippen LogP contribution in [0.5, 0.6) is 0 Å². The first kappa shape index (κ1) is 23.8. The second-order valence-corrected chi connectivity index (χ2v) is 7.41. The lowest BCUT2D eigenvalue weighted by Crippen LogP contribution is -2.41. The number of likely N-dealkylation sites (N-methyl/N-ethyl adjacent to an activating group) is 1. The summed E-state index contributed by atoms with van der Waals surface area (Å²) in [4.78, 5) is 24.8. The van der Waals surface area contributed by atoms with Gasteiger partial charge in [0.15, 0.2) is 29.3 Å². The first-order chi connectivity index (χ1) is 16.3. The largest absolute Gasteiger partial charge is 0.387 e. The Kier molecular flexibility index (Phi) is 6.92. The number of hydrogen-bond acceptors (Lipinski definition) is 11. The van der Waals surface area contributed by atoms with Crippen LogP contribution in [-0.2, 0) is 20.7 Å². The van der Waals surface area contributed by atoms with Gasteiger partial charge in [-0.15, -0.1) is 5.10 Å². The lowest BCUT2D eigenvalue weighted by Gasteiger charge is -2.17. The van der Waals surface area contributed by atoms with Gasteiger partial charge in [0, 0.05) is 20.6 Å². The number of carbonyl (C=O) groups is 1. The predicted molar refractivity (Wildman–Crippen MR) is 110 cm³/mol. The minimum absolute atomic E-state index is 0.0103. The zero-order valence-electron chi connectivity index (χ0n) is 18.2. The molecule has 4 N–H and O–H groups in total. The maximum Gasteiger partial charge on any atom is 0.256 e. The number of ether oxygens (including phenoxy) is 2. The van der Waals surface area contributed by atoms with Gasteiger partial charge < -0.3 is 30.3 Å². The van der Waals surface area contributed by atoms with E-state index in [-0.39, 0.29) is 22.9 Å². The van der Waals surface area contributed by atoms with Gasteiger partial charge >= 0.3 is 0 Å². The summed E-state index contributed by atoms with van der Waals surface area (Å²) >= 11 is 0. The molecular formula is C18H23F2N9O5. The van der Waals surface area contributed by atoms with Gasteiger partial charge in [-0.3, -0.25) is 9.36 Å². The van der Waals surface area contributed by atoms with Crippen LogP contribution in [0.3, 0.4) is 0 Å². The fraction of sp³-hybridized carbons (Fsp3) is 0.556. The lowest BCUT2D eigenvalue weighted by molar-refractivity contribution is -0.137. The predicted octanol–water partition coefficient (Wildman–Crippen LogP) is -1.36. The number of amides is 1. The van der Waals surface area contributed by atoms with Crippen molar-refractivity contribution >= 4 is 22.9 Å². The van der Waals surface area contributed by atoms with E-state index in [4.69, 9.17) is 9.47 Å². The van der Waals surface area contributed by atoms with Gasteiger partial charge in [-0.1, -0.05) is 5.21 Å². The lowest BCUT2D eigenvalue weighted by atomic mass is 10.1. The van der Waals surface area contributed by atoms with Crippen LogP contribution in [0.15, 0.2) is 12.5 Å². The molecule has 0 aromatic carbocycles. The van der Waals surface area contributed by atoms with Crippen LogP contribution in [0.2, 0.25) is 0 Å². The minimum atomic E-state index is -2.66. The highest BCUT2D eigenvalue weighted by atomic mass is 19.3. The number of halogens is 2. The van der Waals surface area contributed by atoms with Crippen molar-refractivity contribution in [2.75, 3.05) is 32.6 Å². The molecule has 0 radical (unpaired) electrons. The molecule has 184 valence electrons. The molecular weight excluding hydrogens is 460 g/mol. The number of aliphatic hydroxyl groups is 2. The third-order valence-corrected chi connectivity index (χ3v) is 5.16.